The number of hydrogen-bond donors (Lipinski definition) is 1. The molecule has 3 rings (SSSR count). The number of benzene rings is 1. The SMILES string of the molecule is Fc1cc(Br)ccc1-c1cnc2[nH]ccc2n1. The smallest absolute Gasteiger partial charge is 0.156 e. The number of nitrogens with one attached hydrogen (secondary N) is 1. The van der Waals surface area contributed by atoms with E-state index in [1.165, 1.54) is 6.07 Å². The van der Waals surface area contributed by atoms with Crippen LogP contribution in [0.2, 0.25) is 0 Å². The minimum Gasteiger partial charge on any atom is -0.345 e. The zero-order chi connectivity index (χ0) is 11.8. The summed E-state index contributed by atoms with van der Waals surface area (Å²) in [6.07, 6.45) is 3.32. The van der Waals surface area contributed by atoms with Gasteiger partial charge in [-0.25, -0.2) is 14.4 Å². The summed E-state index contributed by atoms with van der Waals surface area (Å²) in [6, 6.07) is 6.68. The summed E-state index contributed by atoms with van der Waals surface area (Å²) in [6.45, 7) is 0. The molecule has 3 aromatic rings. The second-order valence-electron chi connectivity index (χ2n) is 3.59. The molecule has 0 unspecified atom stereocenters. The Kier molecular flexibility index (Phi) is 2.40. The molecule has 0 saturated heterocycles. The summed E-state index contributed by atoms with van der Waals surface area (Å²) >= 11 is 3.22. The number of aromatic nitrogens is 3. The van der Waals surface area contributed by atoms with Gasteiger partial charge in [0.05, 0.1) is 11.9 Å². The molecule has 1 aromatic carbocycles. The first-order chi connectivity index (χ1) is 8.24. The Hall–Kier alpha value is -1.75. The summed E-state index contributed by atoms with van der Waals surface area (Å²) in [5, 5.41) is 0. The Morgan fingerprint density at radius 1 is 1.24 bits per heavy atom. The predicted octanol–water partition coefficient (Wildman–Crippen LogP) is 3.53. The highest BCUT2D eigenvalue weighted by Gasteiger charge is 2.08. The van der Waals surface area contributed by atoms with Crippen LogP contribution < -0.4 is 0 Å². The maximum absolute atomic E-state index is 13.8. The maximum Gasteiger partial charge on any atom is 0.156 e. The predicted molar refractivity (Wildman–Crippen MR) is 67.0 cm³/mol. The lowest BCUT2D eigenvalue weighted by Crippen LogP contribution is -1.90. The Morgan fingerprint density at radius 3 is 2.94 bits per heavy atom. The quantitative estimate of drug-likeness (QED) is 0.745. The van der Waals surface area contributed by atoms with E-state index in [-0.39, 0.29) is 5.82 Å². The average molecular weight is 292 g/mol. The molecule has 0 spiro atoms. The van der Waals surface area contributed by atoms with E-state index in [1.807, 2.05) is 6.07 Å². The molecule has 0 radical (unpaired) electrons. The third-order valence-corrected chi connectivity index (χ3v) is 2.96. The zero-order valence-electron chi connectivity index (χ0n) is 8.61. The van der Waals surface area contributed by atoms with Gasteiger partial charge in [-0.15, -0.1) is 0 Å². The van der Waals surface area contributed by atoms with E-state index in [0.717, 1.165) is 5.52 Å². The van der Waals surface area contributed by atoms with E-state index < -0.39 is 0 Å². The number of nitrogens with zero attached hydrogens (tertiary/aromatic N) is 2. The molecular weight excluding hydrogens is 285 g/mol. The molecule has 2 heterocycles. The van der Waals surface area contributed by atoms with E-state index in [2.05, 4.69) is 30.9 Å². The zero-order valence-corrected chi connectivity index (χ0v) is 10.2. The number of rotatable bonds is 1. The van der Waals surface area contributed by atoms with Crippen molar-refractivity contribution in [3.05, 3.63) is 46.9 Å². The summed E-state index contributed by atoms with van der Waals surface area (Å²) in [4.78, 5) is 11.5. The molecule has 0 aliphatic heterocycles. The number of H-pyrrole nitrogens is 1. The van der Waals surface area contributed by atoms with Gasteiger partial charge in [-0.2, -0.15) is 0 Å². The van der Waals surface area contributed by atoms with E-state index >= 15 is 0 Å². The Bertz CT molecular complexity index is 693. The van der Waals surface area contributed by atoms with Crippen molar-refractivity contribution in [2.24, 2.45) is 0 Å². The molecule has 0 aliphatic rings. The van der Waals surface area contributed by atoms with E-state index in [9.17, 15) is 4.39 Å². The first-order valence-electron chi connectivity index (χ1n) is 4.99. The number of fused-ring (bicyclic) bond motifs is 1. The maximum atomic E-state index is 13.8. The fourth-order valence-corrected chi connectivity index (χ4v) is 1.99. The molecule has 5 heteroatoms. The van der Waals surface area contributed by atoms with Crippen molar-refractivity contribution >= 4 is 27.1 Å². The van der Waals surface area contributed by atoms with Crippen molar-refractivity contribution in [3.8, 4) is 11.3 Å². The monoisotopic (exact) mass is 291 g/mol. The molecule has 2 aromatic heterocycles. The van der Waals surface area contributed by atoms with Crippen molar-refractivity contribution in [3.63, 3.8) is 0 Å². The van der Waals surface area contributed by atoms with Crippen LogP contribution in [-0.2, 0) is 0 Å². The molecule has 0 atom stereocenters. The molecule has 84 valence electrons. The van der Waals surface area contributed by atoms with Crippen molar-refractivity contribution in [1.82, 2.24) is 15.0 Å². The normalized spacial score (nSPS) is 10.9. The van der Waals surface area contributed by atoms with Crippen LogP contribution in [0.4, 0.5) is 4.39 Å². The largest absolute Gasteiger partial charge is 0.345 e. The molecule has 0 amide bonds. The van der Waals surface area contributed by atoms with Gasteiger partial charge in [0.2, 0.25) is 0 Å². The third-order valence-electron chi connectivity index (χ3n) is 2.47. The van der Waals surface area contributed by atoms with Gasteiger partial charge in [-0.1, -0.05) is 15.9 Å². The molecule has 17 heavy (non-hydrogen) atoms. The third kappa shape index (κ3) is 1.82. The molecule has 1 N–H and O–H groups in total. The van der Waals surface area contributed by atoms with E-state index in [1.54, 1.807) is 24.5 Å². The Morgan fingerprint density at radius 2 is 2.12 bits per heavy atom. The summed E-state index contributed by atoms with van der Waals surface area (Å²) in [5.74, 6) is -0.316. The number of aromatic amines is 1. The van der Waals surface area contributed by atoms with Crippen LogP contribution >= 0.6 is 15.9 Å². The second-order valence-corrected chi connectivity index (χ2v) is 4.51. The molecular formula is C12H7BrFN3. The highest BCUT2D eigenvalue weighted by molar-refractivity contribution is 9.10. The first kappa shape index (κ1) is 10.4. The average Bonchev–Trinajstić information content (AvgIpc) is 2.75. The van der Waals surface area contributed by atoms with Gasteiger partial charge in [-0.05, 0) is 24.3 Å². The van der Waals surface area contributed by atoms with Crippen LogP contribution in [0.25, 0.3) is 22.4 Å². The van der Waals surface area contributed by atoms with Crippen LogP contribution in [-0.4, -0.2) is 15.0 Å². The second kappa shape index (κ2) is 3.92. The molecule has 0 saturated carbocycles. The molecule has 0 aliphatic carbocycles. The Labute approximate surface area is 105 Å². The summed E-state index contributed by atoms with van der Waals surface area (Å²) in [7, 11) is 0. The van der Waals surface area contributed by atoms with Crippen LogP contribution in [0.5, 0.6) is 0 Å². The van der Waals surface area contributed by atoms with E-state index in [0.29, 0.717) is 21.4 Å². The molecule has 0 bridgehead atoms. The Balaban J connectivity index is 2.19. The van der Waals surface area contributed by atoms with Crippen molar-refractivity contribution < 1.29 is 4.39 Å². The molecule has 3 nitrogen and oxygen atoms in total. The lowest BCUT2D eigenvalue weighted by Gasteiger charge is -2.02. The fourth-order valence-electron chi connectivity index (χ4n) is 1.66. The van der Waals surface area contributed by atoms with Crippen LogP contribution in [0.15, 0.2) is 41.1 Å². The van der Waals surface area contributed by atoms with Crippen LogP contribution in [0, 0.1) is 5.82 Å². The van der Waals surface area contributed by atoms with Gasteiger partial charge in [0.1, 0.15) is 11.3 Å². The minimum atomic E-state index is -0.316. The van der Waals surface area contributed by atoms with Crippen molar-refractivity contribution in [2.45, 2.75) is 0 Å². The first-order valence-corrected chi connectivity index (χ1v) is 5.79. The lowest BCUT2D eigenvalue weighted by atomic mass is 10.1. The standard InChI is InChI=1S/C12H7BrFN3/c13-7-1-2-8(9(14)5-7)11-6-16-12-10(17-11)3-4-15-12/h1-6H,(H,15,16). The van der Waals surface area contributed by atoms with Crippen molar-refractivity contribution in [1.29, 1.82) is 0 Å². The summed E-state index contributed by atoms with van der Waals surface area (Å²) in [5.41, 5.74) is 2.40. The summed E-state index contributed by atoms with van der Waals surface area (Å²) < 4.78 is 14.5. The van der Waals surface area contributed by atoms with E-state index in [4.69, 9.17) is 0 Å². The van der Waals surface area contributed by atoms with Gasteiger partial charge in [0.25, 0.3) is 0 Å². The highest BCUT2D eigenvalue weighted by Crippen LogP contribution is 2.24. The van der Waals surface area contributed by atoms with Crippen LogP contribution in [0.1, 0.15) is 0 Å². The molecule has 0 fully saturated rings. The highest BCUT2D eigenvalue weighted by atomic mass is 79.9. The van der Waals surface area contributed by atoms with Crippen LogP contribution in [0.3, 0.4) is 0 Å². The lowest BCUT2D eigenvalue weighted by molar-refractivity contribution is 0.630. The fraction of sp³-hybridized carbons (Fsp3) is 0. The number of halogens is 2. The minimum absolute atomic E-state index is 0.316. The topological polar surface area (TPSA) is 41.6 Å². The van der Waals surface area contributed by atoms with Crippen molar-refractivity contribution in [2.75, 3.05) is 0 Å². The van der Waals surface area contributed by atoms with Gasteiger partial charge in [0.15, 0.2) is 5.65 Å². The van der Waals surface area contributed by atoms with Gasteiger partial charge < -0.3 is 4.98 Å². The number of hydrogen-bond acceptors (Lipinski definition) is 2. The van der Waals surface area contributed by atoms with Gasteiger partial charge >= 0.3 is 0 Å². The van der Waals surface area contributed by atoms with Gasteiger partial charge in [0, 0.05) is 16.2 Å². The van der Waals surface area contributed by atoms with Gasteiger partial charge in [-0.3, -0.25) is 0 Å².